The molecule has 0 aliphatic rings. The first-order valence-electron chi connectivity index (χ1n) is 6.74. The minimum atomic E-state index is -0.0717. The smallest absolute Gasteiger partial charge is 0.269 e. The second-order valence-corrected chi connectivity index (χ2v) is 5.27. The van der Waals surface area contributed by atoms with Crippen LogP contribution in [-0.2, 0) is 13.5 Å². The molecule has 0 unspecified atom stereocenters. The number of halogens is 1. The molecular weight excluding hydrogens is 284 g/mol. The van der Waals surface area contributed by atoms with E-state index in [0.717, 1.165) is 11.3 Å². The Kier molecular flexibility index (Phi) is 3.67. The third kappa shape index (κ3) is 2.52. The van der Waals surface area contributed by atoms with Gasteiger partial charge in [0.25, 0.3) is 5.56 Å². The van der Waals surface area contributed by atoms with Crippen LogP contribution >= 0.6 is 11.6 Å². The SMILES string of the molecule is Cn1c(Cl)c(Cc2ccccc2)c(=O)n1-c1ccccc1. The fraction of sp³-hybridized carbons (Fsp3) is 0.118. The van der Waals surface area contributed by atoms with Crippen molar-refractivity contribution in [3.8, 4) is 5.69 Å². The van der Waals surface area contributed by atoms with E-state index in [9.17, 15) is 4.79 Å². The van der Waals surface area contributed by atoms with E-state index in [0.29, 0.717) is 17.1 Å². The van der Waals surface area contributed by atoms with Crippen LogP contribution in [0.4, 0.5) is 0 Å². The largest absolute Gasteiger partial charge is 0.276 e. The molecule has 0 fully saturated rings. The first-order valence-corrected chi connectivity index (χ1v) is 7.12. The van der Waals surface area contributed by atoms with E-state index in [1.807, 2.05) is 60.7 Å². The molecule has 3 aromatic rings. The van der Waals surface area contributed by atoms with Gasteiger partial charge in [-0.1, -0.05) is 60.1 Å². The Morgan fingerprint density at radius 1 is 0.952 bits per heavy atom. The van der Waals surface area contributed by atoms with Gasteiger partial charge in [-0.25, -0.2) is 4.68 Å². The van der Waals surface area contributed by atoms with E-state index in [4.69, 9.17) is 11.6 Å². The summed E-state index contributed by atoms with van der Waals surface area (Å²) in [4.78, 5) is 12.7. The zero-order valence-corrected chi connectivity index (χ0v) is 12.4. The lowest BCUT2D eigenvalue weighted by molar-refractivity contribution is 0.647. The molecule has 0 saturated carbocycles. The van der Waals surface area contributed by atoms with E-state index >= 15 is 0 Å². The van der Waals surface area contributed by atoms with Gasteiger partial charge in [0.2, 0.25) is 0 Å². The highest BCUT2D eigenvalue weighted by Crippen LogP contribution is 2.18. The third-order valence-electron chi connectivity index (χ3n) is 3.51. The third-order valence-corrected chi connectivity index (χ3v) is 3.98. The van der Waals surface area contributed by atoms with E-state index in [-0.39, 0.29) is 5.56 Å². The van der Waals surface area contributed by atoms with Crippen molar-refractivity contribution in [1.82, 2.24) is 9.36 Å². The topological polar surface area (TPSA) is 26.9 Å². The minimum Gasteiger partial charge on any atom is -0.269 e. The molecule has 1 aromatic heterocycles. The highest BCUT2D eigenvalue weighted by molar-refractivity contribution is 6.30. The van der Waals surface area contributed by atoms with Crippen molar-refractivity contribution in [2.45, 2.75) is 6.42 Å². The van der Waals surface area contributed by atoms with Gasteiger partial charge >= 0.3 is 0 Å². The van der Waals surface area contributed by atoms with Crippen molar-refractivity contribution in [3.05, 3.63) is 87.3 Å². The summed E-state index contributed by atoms with van der Waals surface area (Å²) in [6.45, 7) is 0. The number of benzene rings is 2. The van der Waals surface area contributed by atoms with Gasteiger partial charge in [-0.15, -0.1) is 0 Å². The molecule has 4 heteroatoms. The van der Waals surface area contributed by atoms with Crippen molar-refractivity contribution in [2.75, 3.05) is 0 Å². The Morgan fingerprint density at radius 2 is 1.52 bits per heavy atom. The van der Waals surface area contributed by atoms with Crippen molar-refractivity contribution in [3.63, 3.8) is 0 Å². The summed E-state index contributed by atoms with van der Waals surface area (Å²) >= 11 is 6.36. The first-order chi connectivity index (χ1) is 10.2. The number of hydrogen-bond acceptors (Lipinski definition) is 1. The quantitative estimate of drug-likeness (QED) is 0.728. The zero-order valence-electron chi connectivity index (χ0n) is 11.7. The molecule has 0 aliphatic carbocycles. The Morgan fingerprint density at radius 3 is 2.14 bits per heavy atom. The van der Waals surface area contributed by atoms with Crippen LogP contribution in [0, 0.1) is 0 Å². The number of nitrogens with zero attached hydrogens (tertiary/aromatic N) is 2. The van der Waals surface area contributed by atoms with Crippen LogP contribution in [0.5, 0.6) is 0 Å². The highest BCUT2D eigenvalue weighted by atomic mass is 35.5. The zero-order chi connectivity index (χ0) is 14.8. The molecule has 21 heavy (non-hydrogen) atoms. The number of aromatic nitrogens is 2. The second kappa shape index (κ2) is 5.62. The van der Waals surface area contributed by atoms with Gasteiger partial charge in [-0.3, -0.25) is 9.48 Å². The van der Waals surface area contributed by atoms with E-state index in [2.05, 4.69) is 0 Å². The predicted molar refractivity (Wildman–Crippen MR) is 85.3 cm³/mol. The minimum absolute atomic E-state index is 0.0717. The number of rotatable bonds is 3. The van der Waals surface area contributed by atoms with Gasteiger partial charge in [-0.2, -0.15) is 0 Å². The van der Waals surface area contributed by atoms with Crippen molar-refractivity contribution >= 4 is 11.6 Å². The van der Waals surface area contributed by atoms with Crippen LogP contribution in [-0.4, -0.2) is 9.36 Å². The van der Waals surface area contributed by atoms with Crippen LogP contribution in [0.3, 0.4) is 0 Å². The standard InChI is InChI=1S/C17H15ClN2O/c1-19-16(18)15(12-13-8-4-2-5-9-13)17(21)20(19)14-10-6-3-7-11-14/h2-11H,12H2,1H3. The molecule has 0 spiro atoms. The summed E-state index contributed by atoms with van der Waals surface area (Å²) in [6.07, 6.45) is 0.534. The van der Waals surface area contributed by atoms with Crippen LogP contribution < -0.4 is 5.56 Å². The molecule has 2 aromatic carbocycles. The summed E-state index contributed by atoms with van der Waals surface area (Å²) in [5.74, 6) is 0. The van der Waals surface area contributed by atoms with Gasteiger partial charge < -0.3 is 0 Å². The fourth-order valence-electron chi connectivity index (χ4n) is 2.44. The summed E-state index contributed by atoms with van der Waals surface area (Å²) in [6, 6.07) is 19.4. The lowest BCUT2D eigenvalue weighted by Crippen LogP contribution is -2.21. The van der Waals surface area contributed by atoms with Gasteiger partial charge in [0.05, 0.1) is 11.3 Å². The number of hydrogen-bond donors (Lipinski definition) is 0. The summed E-state index contributed by atoms with van der Waals surface area (Å²) in [7, 11) is 1.80. The van der Waals surface area contributed by atoms with E-state index in [1.165, 1.54) is 0 Å². The second-order valence-electron chi connectivity index (χ2n) is 4.91. The summed E-state index contributed by atoms with van der Waals surface area (Å²) < 4.78 is 3.29. The van der Waals surface area contributed by atoms with Crippen LogP contribution in [0.1, 0.15) is 11.1 Å². The molecule has 0 radical (unpaired) electrons. The van der Waals surface area contributed by atoms with Crippen molar-refractivity contribution in [1.29, 1.82) is 0 Å². The molecule has 0 saturated heterocycles. The molecule has 1 heterocycles. The average Bonchev–Trinajstić information content (AvgIpc) is 2.73. The average molecular weight is 299 g/mol. The van der Waals surface area contributed by atoms with E-state index in [1.54, 1.807) is 16.4 Å². The molecule has 0 aliphatic heterocycles. The molecule has 3 nitrogen and oxygen atoms in total. The Labute approximate surface area is 128 Å². The molecule has 3 rings (SSSR count). The highest BCUT2D eigenvalue weighted by Gasteiger charge is 2.17. The van der Waals surface area contributed by atoms with Crippen LogP contribution in [0.25, 0.3) is 5.69 Å². The summed E-state index contributed by atoms with van der Waals surface area (Å²) in [5.41, 5.74) is 2.43. The first kappa shape index (κ1) is 13.7. The molecule has 0 amide bonds. The number of para-hydroxylation sites is 1. The Hall–Kier alpha value is -2.26. The lowest BCUT2D eigenvalue weighted by atomic mass is 10.1. The van der Waals surface area contributed by atoms with Gasteiger partial charge in [0.15, 0.2) is 0 Å². The van der Waals surface area contributed by atoms with Crippen molar-refractivity contribution < 1.29 is 0 Å². The van der Waals surface area contributed by atoms with Gasteiger partial charge in [-0.05, 0) is 17.7 Å². The Balaban J connectivity index is 2.10. The lowest BCUT2D eigenvalue weighted by Gasteiger charge is -2.06. The van der Waals surface area contributed by atoms with Crippen LogP contribution in [0.15, 0.2) is 65.5 Å². The predicted octanol–water partition coefficient (Wildman–Crippen LogP) is 3.42. The fourth-order valence-corrected chi connectivity index (χ4v) is 2.67. The maximum atomic E-state index is 12.7. The maximum absolute atomic E-state index is 12.7. The monoisotopic (exact) mass is 298 g/mol. The van der Waals surface area contributed by atoms with Crippen molar-refractivity contribution in [2.24, 2.45) is 7.05 Å². The summed E-state index contributed by atoms with van der Waals surface area (Å²) in [5, 5.41) is 0.479. The molecule has 0 N–H and O–H groups in total. The normalized spacial score (nSPS) is 10.8. The maximum Gasteiger partial charge on any atom is 0.276 e. The Bertz CT molecular complexity index is 804. The van der Waals surface area contributed by atoms with Gasteiger partial charge in [0.1, 0.15) is 5.15 Å². The van der Waals surface area contributed by atoms with E-state index < -0.39 is 0 Å². The molecule has 0 bridgehead atoms. The molecular formula is C17H15ClN2O. The van der Waals surface area contributed by atoms with Crippen LogP contribution in [0.2, 0.25) is 5.15 Å². The molecule has 106 valence electrons. The molecule has 0 atom stereocenters. The van der Waals surface area contributed by atoms with Gasteiger partial charge in [0, 0.05) is 13.5 Å².